The minimum absolute atomic E-state index is 0.741. The van der Waals surface area contributed by atoms with Crippen molar-refractivity contribution in [3.8, 4) is 0 Å². The summed E-state index contributed by atoms with van der Waals surface area (Å²) < 4.78 is 0. The summed E-state index contributed by atoms with van der Waals surface area (Å²) in [7, 11) is 0. The Morgan fingerprint density at radius 1 is 1.60 bits per heavy atom. The van der Waals surface area contributed by atoms with E-state index in [2.05, 4.69) is 25.7 Å². The lowest BCUT2D eigenvalue weighted by molar-refractivity contribution is 0.460. The minimum atomic E-state index is 0.741. The first-order valence-electron chi connectivity index (χ1n) is 4.11. The van der Waals surface area contributed by atoms with Gasteiger partial charge in [0.05, 0.1) is 0 Å². The fourth-order valence-electron chi connectivity index (χ4n) is 1.74. The van der Waals surface area contributed by atoms with E-state index in [1.807, 2.05) is 0 Å². The van der Waals surface area contributed by atoms with Crippen molar-refractivity contribution in [1.82, 2.24) is 5.32 Å². The molecule has 0 aromatic heterocycles. The van der Waals surface area contributed by atoms with Crippen molar-refractivity contribution in [2.45, 2.75) is 20.3 Å². The van der Waals surface area contributed by atoms with Crippen molar-refractivity contribution in [2.75, 3.05) is 13.1 Å². The van der Waals surface area contributed by atoms with Gasteiger partial charge in [0.25, 0.3) is 0 Å². The molecule has 2 atom stereocenters. The summed E-state index contributed by atoms with van der Waals surface area (Å²) in [5.41, 5.74) is 1.34. The van der Waals surface area contributed by atoms with Crippen LogP contribution in [0, 0.1) is 11.8 Å². The molecule has 10 heavy (non-hydrogen) atoms. The van der Waals surface area contributed by atoms with Gasteiger partial charge in [0.1, 0.15) is 0 Å². The molecule has 0 spiro atoms. The average molecular weight is 139 g/mol. The molecule has 0 saturated carbocycles. The second-order valence-electron chi connectivity index (χ2n) is 3.28. The molecule has 1 fully saturated rings. The van der Waals surface area contributed by atoms with E-state index in [0.29, 0.717) is 0 Å². The molecule has 1 saturated heterocycles. The first kappa shape index (κ1) is 7.80. The molecule has 1 N–H and O–H groups in total. The van der Waals surface area contributed by atoms with E-state index in [0.717, 1.165) is 18.4 Å². The summed E-state index contributed by atoms with van der Waals surface area (Å²) in [5, 5.41) is 3.39. The van der Waals surface area contributed by atoms with Gasteiger partial charge < -0.3 is 5.32 Å². The topological polar surface area (TPSA) is 12.0 Å². The van der Waals surface area contributed by atoms with Crippen molar-refractivity contribution >= 4 is 0 Å². The zero-order valence-electron chi connectivity index (χ0n) is 6.98. The molecule has 0 bridgehead atoms. The molecule has 1 aliphatic heterocycles. The van der Waals surface area contributed by atoms with E-state index in [9.17, 15) is 0 Å². The molecular formula is C9H17N. The van der Waals surface area contributed by atoms with Crippen LogP contribution in [0.25, 0.3) is 0 Å². The highest BCUT2D eigenvalue weighted by atomic mass is 14.9. The van der Waals surface area contributed by atoms with Gasteiger partial charge in [-0.05, 0) is 25.3 Å². The van der Waals surface area contributed by atoms with E-state index in [1.165, 1.54) is 18.5 Å². The SMILES string of the molecule is C=C(C)[C@H]1CNC[C@H]1CC. The van der Waals surface area contributed by atoms with Gasteiger partial charge in [0.2, 0.25) is 0 Å². The van der Waals surface area contributed by atoms with Crippen molar-refractivity contribution in [2.24, 2.45) is 11.8 Å². The van der Waals surface area contributed by atoms with Crippen LogP contribution in [-0.4, -0.2) is 13.1 Å². The smallest absolute Gasteiger partial charge is 0.00199 e. The number of rotatable bonds is 2. The first-order valence-corrected chi connectivity index (χ1v) is 4.11. The Morgan fingerprint density at radius 2 is 2.30 bits per heavy atom. The largest absolute Gasteiger partial charge is 0.316 e. The van der Waals surface area contributed by atoms with E-state index in [-0.39, 0.29) is 0 Å². The van der Waals surface area contributed by atoms with Crippen LogP contribution in [0.15, 0.2) is 12.2 Å². The summed E-state index contributed by atoms with van der Waals surface area (Å²) in [5.74, 6) is 1.59. The lowest BCUT2D eigenvalue weighted by atomic mass is 9.89. The predicted octanol–water partition coefficient (Wildman–Crippen LogP) is 1.81. The predicted molar refractivity (Wildman–Crippen MR) is 45.0 cm³/mol. The Hall–Kier alpha value is -0.300. The fraction of sp³-hybridized carbons (Fsp3) is 0.778. The lowest BCUT2D eigenvalue weighted by Gasteiger charge is -2.15. The molecule has 0 unspecified atom stereocenters. The Balaban J connectivity index is 2.50. The summed E-state index contributed by atoms with van der Waals surface area (Å²) in [6, 6.07) is 0. The van der Waals surface area contributed by atoms with Crippen LogP contribution in [-0.2, 0) is 0 Å². The molecule has 0 aromatic carbocycles. The van der Waals surface area contributed by atoms with Crippen LogP contribution < -0.4 is 5.32 Å². The van der Waals surface area contributed by atoms with Crippen molar-refractivity contribution in [3.05, 3.63) is 12.2 Å². The van der Waals surface area contributed by atoms with E-state index in [1.54, 1.807) is 0 Å². The molecule has 1 heteroatoms. The van der Waals surface area contributed by atoms with Gasteiger partial charge in [-0.2, -0.15) is 0 Å². The van der Waals surface area contributed by atoms with Gasteiger partial charge >= 0.3 is 0 Å². The highest BCUT2D eigenvalue weighted by molar-refractivity contribution is 5.03. The quantitative estimate of drug-likeness (QED) is 0.575. The van der Waals surface area contributed by atoms with Gasteiger partial charge in [-0.1, -0.05) is 25.5 Å². The summed E-state index contributed by atoms with van der Waals surface area (Å²) in [6.45, 7) is 10.7. The summed E-state index contributed by atoms with van der Waals surface area (Å²) in [6.07, 6.45) is 1.28. The molecular weight excluding hydrogens is 122 g/mol. The standard InChI is InChI=1S/C9H17N/c1-4-8-5-10-6-9(8)7(2)3/h8-10H,2,4-6H2,1,3H3/t8-,9-/m1/s1. The Bertz CT molecular complexity index is 129. The van der Waals surface area contributed by atoms with Crippen LogP contribution in [0.2, 0.25) is 0 Å². The molecule has 1 nitrogen and oxygen atoms in total. The van der Waals surface area contributed by atoms with Gasteiger partial charge in [-0.15, -0.1) is 0 Å². The van der Waals surface area contributed by atoms with E-state index >= 15 is 0 Å². The maximum absolute atomic E-state index is 4.00. The van der Waals surface area contributed by atoms with Crippen molar-refractivity contribution in [1.29, 1.82) is 0 Å². The van der Waals surface area contributed by atoms with Crippen LogP contribution in [0.5, 0.6) is 0 Å². The fourth-order valence-corrected chi connectivity index (χ4v) is 1.74. The van der Waals surface area contributed by atoms with Crippen LogP contribution in [0.1, 0.15) is 20.3 Å². The van der Waals surface area contributed by atoms with Crippen molar-refractivity contribution in [3.63, 3.8) is 0 Å². The summed E-state index contributed by atoms with van der Waals surface area (Å²) >= 11 is 0. The molecule has 1 rings (SSSR count). The van der Waals surface area contributed by atoms with Gasteiger partial charge in [0.15, 0.2) is 0 Å². The molecule has 0 aromatic rings. The highest BCUT2D eigenvalue weighted by Gasteiger charge is 2.25. The molecule has 0 radical (unpaired) electrons. The monoisotopic (exact) mass is 139 g/mol. The first-order chi connectivity index (χ1) is 4.75. The third-order valence-corrected chi connectivity index (χ3v) is 2.50. The lowest BCUT2D eigenvalue weighted by Crippen LogP contribution is -2.11. The Kier molecular flexibility index (Phi) is 2.50. The maximum atomic E-state index is 4.00. The second kappa shape index (κ2) is 3.20. The van der Waals surface area contributed by atoms with Crippen LogP contribution in [0.4, 0.5) is 0 Å². The van der Waals surface area contributed by atoms with E-state index < -0.39 is 0 Å². The number of nitrogens with one attached hydrogen (secondary N) is 1. The molecule has 1 heterocycles. The zero-order chi connectivity index (χ0) is 7.56. The molecule has 0 amide bonds. The Labute approximate surface area is 63.5 Å². The van der Waals surface area contributed by atoms with Crippen LogP contribution >= 0.6 is 0 Å². The minimum Gasteiger partial charge on any atom is -0.316 e. The highest BCUT2D eigenvalue weighted by Crippen LogP contribution is 2.25. The van der Waals surface area contributed by atoms with Crippen molar-refractivity contribution < 1.29 is 0 Å². The normalized spacial score (nSPS) is 32.6. The molecule has 58 valence electrons. The third-order valence-electron chi connectivity index (χ3n) is 2.50. The zero-order valence-corrected chi connectivity index (χ0v) is 6.98. The van der Waals surface area contributed by atoms with E-state index in [4.69, 9.17) is 0 Å². The number of hydrogen-bond donors (Lipinski definition) is 1. The Morgan fingerprint density at radius 3 is 2.70 bits per heavy atom. The molecule has 0 aliphatic carbocycles. The second-order valence-corrected chi connectivity index (χ2v) is 3.28. The average Bonchev–Trinajstić information content (AvgIpc) is 2.33. The van der Waals surface area contributed by atoms with Crippen LogP contribution in [0.3, 0.4) is 0 Å². The maximum Gasteiger partial charge on any atom is 0.00199 e. The third kappa shape index (κ3) is 1.40. The molecule has 1 aliphatic rings. The van der Waals surface area contributed by atoms with Gasteiger partial charge in [-0.25, -0.2) is 0 Å². The summed E-state index contributed by atoms with van der Waals surface area (Å²) in [4.78, 5) is 0. The van der Waals surface area contributed by atoms with Gasteiger partial charge in [-0.3, -0.25) is 0 Å². The number of hydrogen-bond acceptors (Lipinski definition) is 1. The van der Waals surface area contributed by atoms with Gasteiger partial charge in [0, 0.05) is 6.54 Å².